The van der Waals surface area contributed by atoms with Gasteiger partial charge in [-0.3, -0.25) is 0 Å². The maximum absolute atomic E-state index is 7.04. The molecule has 12 aromatic carbocycles. The van der Waals surface area contributed by atoms with Gasteiger partial charge < -0.3 is 27.8 Å². The molecule has 6 heteroatoms. The van der Waals surface area contributed by atoms with E-state index in [-0.39, 0.29) is 21.7 Å². The average molecular weight is 1360 g/mol. The highest BCUT2D eigenvalue weighted by Gasteiger charge is 2.29. The minimum absolute atomic E-state index is 0.0412. The Morgan fingerprint density at radius 3 is 0.923 bits per heavy atom. The van der Waals surface area contributed by atoms with Gasteiger partial charge in [-0.15, -0.1) is 0 Å². The maximum Gasteiger partial charge on any atom is 0.137 e. The molecule has 0 unspecified atom stereocenters. The van der Waals surface area contributed by atoms with Crippen LogP contribution >= 0.6 is 0 Å². The van der Waals surface area contributed by atoms with Crippen molar-refractivity contribution in [1.29, 1.82) is 0 Å². The molecule has 4 heterocycles. The van der Waals surface area contributed by atoms with E-state index in [0.717, 1.165) is 88.8 Å². The monoisotopic (exact) mass is 1360 g/mol. The van der Waals surface area contributed by atoms with E-state index in [4.69, 9.17) is 8.83 Å². The summed E-state index contributed by atoms with van der Waals surface area (Å²) in [7, 11) is 0. The first-order valence-corrected chi connectivity index (χ1v) is 38.5. The summed E-state index contributed by atoms with van der Waals surface area (Å²) in [6, 6.07) is 87.9. The van der Waals surface area contributed by atoms with Gasteiger partial charge >= 0.3 is 0 Å². The highest BCUT2D eigenvalue weighted by Crippen LogP contribution is 2.49. The maximum atomic E-state index is 7.04. The first-order valence-electron chi connectivity index (χ1n) is 38.5. The molecule has 0 bridgehead atoms. The Morgan fingerprint density at radius 1 is 0.269 bits per heavy atom. The number of furan rings is 2. The number of para-hydroxylation sites is 2. The quantitative estimate of drug-likeness (QED) is 0.137. The van der Waals surface area contributed by atoms with Gasteiger partial charge in [-0.2, -0.15) is 0 Å². The molecule has 0 amide bonds. The average Bonchev–Trinajstić information content (AvgIpc) is 1.58. The molecule has 4 aromatic heterocycles. The Labute approximate surface area is 612 Å². The number of fused-ring (bicyclic) bond motifs is 13. The van der Waals surface area contributed by atoms with E-state index in [1.165, 1.54) is 153 Å². The zero-order valence-electron chi connectivity index (χ0n) is 62.8. The van der Waals surface area contributed by atoms with Gasteiger partial charge in [0, 0.05) is 101 Å². The summed E-state index contributed by atoms with van der Waals surface area (Å²) in [5, 5.41) is 11.6. The molecule has 0 atom stereocenters. The molecular formula is C98H96N4O2. The van der Waals surface area contributed by atoms with Crippen molar-refractivity contribution in [1.82, 2.24) is 9.13 Å². The Kier molecular flexibility index (Phi) is 15.6. The Bertz CT molecular complexity index is 5620. The summed E-state index contributed by atoms with van der Waals surface area (Å²) in [6.07, 6.45) is 12.9. The fraction of sp³-hybridized carbons (Fsp3) is 0.286. The molecule has 0 aliphatic heterocycles. The molecule has 520 valence electrons. The summed E-state index contributed by atoms with van der Waals surface area (Å²) in [5.74, 6) is 1.17. The molecule has 16 aromatic rings. The Morgan fingerprint density at radius 2 is 0.577 bits per heavy atom. The van der Waals surface area contributed by atoms with Crippen LogP contribution in [0.25, 0.3) is 110 Å². The second-order valence-electron chi connectivity index (χ2n) is 34.8. The van der Waals surface area contributed by atoms with Crippen molar-refractivity contribution in [3.63, 3.8) is 0 Å². The van der Waals surface area contributed by atoms with E-state index < -0.39 is 0 Å². The van der Waals surface area contributed by atoms with Crippen LogP contribution in [-0.4, -0.2) is 9.13 Å². The van der Waals surface area contributed by atoms with Crippen molar-refractivity contribution in [2.45, 2.75) is 181 Å². The standard InChI is InChI=1S/C98H96N4O2/c1-95(2,3)67-51-68(96(4,5)6)54-77(53-67)101-87-47-63(61-25-17-13-18-26-61)33-39-79(87)81-41-35-73(57-89(81)101)99(71-29-21-15-22-30-71)75-37-43-83-85-45-65-50-92-86(46-66(65)49-91(85)103-93(83)59-75)84-44-38-76(60-94(84)104-92)100(72-31-23-16-24-32-72)74-36-42-82-80-40-34-64(62-27-19-14-20-28-62)48-88(80)102(90(82)58-74)78-55-69(97(7,8)9)52-70(56-78)98(10,11)12/h15-16,21-24,29-62H,13-14,17-20,25-28H2,1-12H3. The molecule has 2 aliphatic carbocycles. The van der Waals surface area contributed by atoms with Gasteiger partial charge in [0.2, 0.25) is 0 Å². The van der Waals surface area contributed by atoms with Crippen LogP contribution < -0.4 is 9.80 Å². The number of aromatic nitrogens is 2. The molecule has 18 rings (SSSR count). The van der Waals surface area contributed by atoms with Crippen LogP contribution in [0.2, 0.25) is 0 Å². The first kappa shape index (κ1) is 65.7. The molecule has 0 saturated heterocycles. The summed E-state index contributed by atoms with van der Waals surface area (Å²) in [4.78, 5) is 4.79. The number of rotatable bonds is 10. The summed E-state index contributed by atoms with van der Waals surface area (Å²) in [5.41, 5.74) is 25.2. The zero-order chi connectivity index (χ0) is 71.3. The third-order valence-electron chi connectivity index (χ3n) is 23.6. The summed E-state index contributed by atoms with van der Waals surface area (Å²) in [6.45, 7) is 28.1. The molecule has 2 fully saturated rings. The Balaban J connectivity index is 0.733. The van der Waals surface area contributed by atoms with E-state index in [2.05, 4.69) is 333 Å². The number of hydrogen-bond acceptors (Lipinski definition) is 4. The molecule has 0 radical (unpaired) electrons. The largest absolute Gasteiger partial charge is 0.456 e. The van der Waals surface area contributed by atoms with Crippen molar-refractivity contribution >= 4 is 132 Å². The van der Waals surface area contributed by atoms with Crippen LogP contribution in [0.4, 0.5) is 34.1 Å². The predicted octanol–water partition coefficient (Wildman–Crippen LogP) is 29.1. The second kappa shape index (κ2) is 24.7. The highest BCUT2D eigenvalue weighted by atomic mass is 16.3. The number of hydrogen-bond donors (Lipinski definition) is 0. The van der Waals surface area contributed by atoms with Crippen LogP contribution in [0.3, 0.4) is 0 Å². The van der Waals surface area contributed by atoms with Gasteiger partial charge in [0.05, 0.1) is 22.1 Å². The zero-order valence-corrected chi connectivity index (χ0v) is 62.8. The molecule has 0 spiro atoms. The predicted molar refractivity (Wildman–Crippen MR) is 443 cm³/mol. The van der Waals surface area contributed by atoms with Gasteiger partial charge in [0.25, 0.3) is 0 Å². The smallest absolute Gasteiger partial charge is 0.137 e. The van der Waals surface area contributed by atoms with Gasteiger partial charge in [-0.25, -0.2) is 0 Å². The molecule has 6 nitrogen and oxygen atoms in total. The summed E-state index contributed by atoms with van der Waals surface area (Å²) < 4.78 is 19.2. The SMILES string of the molecule is CC(C)(C)c1cc(-n2c3cc(C4CCCCC4)ccc3c3ccc(N(c4ccccc4)c4ccc5c(c4)oc4cc6cc7c(cc6cc45)oc4cc(N(c5ccccc5)c5ccc6c8ccc(C9CCCCC9)cc8n(-c8cc(C(C)(C)C)cc(C(C)(C)C)c8)c6c5)ccc47)cc32)cc(C(C)(C)C)c1. The molecular weight excluding hydrogens is 1270 g/mol. The third kappa shape index (κ3) is 11.5. The molecule has 104 heavy (non-hydrogen) atoms. The number of anilines is 6. The summed E-state index contributed by atoms with van der Waals surface area (Å²) >= 11 is 0. The highest BCUT2D eigenvalue weighted by molar-refractivity contribution is 6.17. The van der Waals surface area contributed by atoms with Crippen molar-refractivity contribution in [3.05, 3.63) is 264 Å². The lowest BCUT2D eigenvalue weighted by Gasteiger charge is -2.27. The molecule has 2 saturated carbocycles. The van der Waals surface area contributed by atoms with E-state index in [1.54, 1.807) is 0 Å². The van der Waals surface area contributed by atoms with Crippen LogP contribution in [0, 0.1) is 0 Å². The lowest BCUT2D eigenvalue weighted by molar-refractivity contribution is 0.444. The van der Waals surface area contributed by atoms with Gasteiger partial charge in [-0.05, 0) is 237 Å². The van der Waals surface area contributed by atoms with Crippen LogP contribution in [0.1, 0.15) is 193 Å². The van der Waals surface area contributed by atoms with E-state index in [1.807, 2.05) is 0 Å². The lowest BCUT2D eigenvalue weighted by Crippen LogP contribution is -2.17. The van der Waals surface area contributed by atoms with Crippen LogP contribution in [0.15, 0.2) is 239 Å². The number of benzene rings is 12. The van der Waals surface area contributed by atoms with Crippen molar-refractivity contribution in [2.24, 2.45) is 0 Å². The van der Waals surface area contributed by atoms with E-state index in [0.29, 0.717) is 11.8 Å². The van der Waals surface area contributed by atoms with E-state index >= 15 is 0 Å². The molecule has 2 aliphatic rings. The third-order valence-corrected chi connectivity index (χ3v) is 23.6. The molecule has 0 N–H and O–H groups in total. The van der Waals surface area contributed by atoms with Gasteiger partial charge in [-0.1, -0.05) is 207 Å². The fourth-order valence-electron chi connectivity index (χ4n) is 17.6. The topological polar surface area (TPSA) is 42.6 Å². The number of nitrogens with zero attached hydrogens (tertiary/aromatic N) is 4. The van der Waals surface area contributed by atoms with Crippen molar-refractivity contribution in [2.75, 3.05) is 9.80 Å². The van der Waals surface area contributed by atoms with Crippen molar-refractivity contribution < 1.29 is 8.83 Å². The van der Waals surface area contributed by atoms with Crippen molar-refractivity contribution in [3.8, 4) is 11.4 Å². The normalized spacial score (nSPS) is 14.8. The van der Waals surface area contributed by atoms with Gasteiger partial charge in [0.15, 0.2) is 0 Å². The van der Waals surface area contributed by atoms with Gasteiger partial charge in [0.1, 0.15) is 22.3 Å². The first-order chi connectivity index (χ1) is 50.0. The fourth-order valence-corrected chi connectivity index (χ4v) is 17.6. The lowest BCUT2D eigenvalue weighted by atomic mass is 9.80. The van der Waals surface area contributed by atoms with Crippen LogP contribution in [0.5, 0.6) is 0 Å². The minimum atomic E-state index is -0.0412. The minimum Gasteiger partial charge on any atom is -0.456 e. The van der Waals surface area contributed by atoms with Crippen LogP contribution in [-0.2, 0) is 21.7 Å². The second-order valence-corrected chi connectivity index (χ2v) is 34.8. The Hall–Kier alpha value is -10.3. The van der Waals surface area contributed by atoms with E-state index in [9.17, 15) is 0 Å².